The van der Waals surface area contributed by atoms with E-state index >= 15 is 0 Å². The average Bonchev–Trinajstić information content (AvgIpc) is 1.67. The van der Waals surface area contributed by atoms with E-state index in [1.165, 1.54) is 4.89 Å². The van der Waals surface area contributed by atoms with Crippen LogP contribution in [0.4, 0.5) is 0 Å². The highest BCUT2D eigenvalue weighted by Crippen LogP contribution is 1.70. The van der Waals surface area contributed by atoms with Crippen LogP contribution in [0.25, 0.3) is 0 Å². The summed E-state index contributed by atoms with van der Waals surface area (Å²) in [6, 6.07) is 0. The Morgan fingerprint density at radius 3 is 2.25 bits per heavy atom. The van der Waals surface area contributed by atoms with Gasteiger partial charge in [-0.05, 0) is 0 Å². The van der Waals surface area contributed by atoms with E-state index in [4.69, 9.17) is 0 Å². The molecule has 0 saturated carbocycles. The summed E-state index contributed by atoms with van der Waals surface area (Å²) in [5, 5.41) is 0. The van der Waals surface area contributed by atoms with Gasteiger partial charge in [-0.3, -0.25) is 9.63 Å². The lowest BCUT2D eigenvalue weighted by Gasteiger charge is -1.91. The van der Waals surface area contributed by atoms with Gasteiger partial charge in [-0.2, -0.15) is 0 Å². The van der Waals surface area contributed by atoms with Crippen LogP contribution in [-0.2, 0) is 19.7 Å². The van der Waals surface area contributed by atoms with Gasteiger partial charge in [-0.1, -0.05) is 4.89 Å². The first-order valence-corrected chi connectivity index (χ1v) is 3.17. The highest BCUT2D eigenvalue weighted by atomic mass is 32.2. The van der Waals surface area contributed by atoms with Crippen molar-refractivity contribution in [1.29, 1.82) is 0 Å². The van der Waals surface area contributed by atoms with Gasteiger partial charge in [-0.25, -0.2) is 8.42 Å². The molecule has 0 saturated heterocycles. The third-order valence-corrected chi connectivity index (χ3v) is 0.979. The van der Waals surface area contributed by atoms with Crippen molar-refractivity contribution >= 4 is 15.6 Å². The van der Waals surface area contributed by atoms with E-state index in [1.54, 1.807) is 0 Å². The lowest BCUT2D eigenvalue weighted by atomic mass is 11.7. The summed E-state index contributed by atoms with van der Waals surface area (Å²) < 4.78 is 20.0. The van der Waals surface area contributed by atoms with E-state index in [9.17, 15) is 13.2 Å². The van der Waals surface area contributed by atoms with Crippen molar-refractivity contribution in [2.45, 2.75) is 0 Å². The van der Waals surface area contributed by atoms with Gasteiger partial charge in [0.25, 0.3) is 15.6 Å². The van der Waals surface area contributed by atoms with E-state index in [0.29, 0.717) is 0 Å². The number of rotatable bonds is 3. The third-order valence-electron chi connectivity index (χ3n) is 0.326. The van der Waals surface area contributed by atoms with Gasteiger partial charge in [-0.15, -0.1) is 0 Å². The lowest BCUT2D eigenvalue weighted by molar-refractivity contribution is 0.155. The molecule has 0 bridgehead atoms. The van der Waals surface area contributed by atoms with Crippen molar-refractivity contribution in [3.8, 4) is 0 Å². The van der Waals surface area contributed by atoms with Gasteiger partial charge in [0, 0.05) is 0 Å². The fraction of sp³-hybridized carbons (Fsp3) is 0.500. The molecular weight excluding hydrogens is 134 g/mol. The van der Waals surface area contributed by atoms with Crippen molar-refractivity contribution < 1.29 is 18.0 Å². The number of hydrogen-bond donors (Lipinski definition) is 1. The maximum Gasteiger partial charge on any atom is 0.293 e. The number of nitrogens with one attached hydrogen (secondary N) is 1. The second-order valence-electron chi connectivity index (χ2n) is 0.929. The Hall–Kier alpha value is -0.460. The Labute approximate surface area is 46.6 Å². The summed E-state index contributed by atoms with van der Waals surface area (Å²) in [6.07, 6.45) is 0. The first-order chi connectivity index (χ1) is 3.62. The van der Waals surface area contributed by atoms with Crippen LogP contribution in [0.3, 0.4) is 0 Å². The Morgan fingerprint density at radius 2 is 2.12 bits per heavy atom. The third kappa shape index (κ3) is 2.67. The summed E-state index contributed by atoms with van der Waals surface area (Å²) in [7, 11) is -2.72. The molecule has 0 aliphatic rings. The van der Waals surface area contributed by atoms with Crippen LogP contribution in [0.1, 0.15) is 0 Å². The summed E-state index contributed by atoms with van der Waals surface area (Å²) in [5.41, 5.74) is -0.240. The van der Waals surface area contributed by atoms with Gasteiger partial charge in [0.1, 0.15) is 0 Å². The van der Waals surface area contributed by atoms with E-state index < -0.39 is 10.0 Å². The number of hydrogen-bond acceptors (Lipinski definition) is 4. The van der Waals surface area contributed by atoms with Crippen molar-refractivity contribution in [3.63, 3.8) is 0 Å². The fourth-order valence-electron chi connectivity index (χ4n) is 0.136. The second kappa shape index (κ2) is 2.75. The van der Waals surface area contributed by atoms with Crippen LogP contribution >= 0.6 is 0 Å². The monoisotopic (exact) mass is 139 g/mol. The van der Waals surface area contributed by atoms with Crippen LogP contribution in [0.2, 0.25) is 0 Å². The molecule has 5 nitrogen and oxygen atoms in total. The Bertz CT molecular complexity index is 159. The molecule has 0 amide bonds. The van der Waals surface area contributed by atoms with E-state index in [0.717, 1.165) is 7.11 Å². The van der Waals surface area contributed by atoms with E-state index in [1.807, 2.05) is 0 Å². The molecule has 0 spiro atoms. The molecule has 48 valence electrons. The largest absolute Gasteiger partial charge is 0.293 e. The molecule has 0 aromatic rings. The first-order valence-electron chi connectivity index (χ1n) is 1.62. The summed E-state index contributed by atoms with van der Waals surface area (Å²) in [5.74, 6) is 0. The minimum atomic E-state index is -3.82. The van der Waals surface area contributed by atoms with Crippen molar-refractivity contribution in [3.05, 3.63) is 0 Å². The molecule has 0 aliphatic heterocycles. The first kappa shape index (κ1) is 7.54. The molecule has 0 rings (SSSR count). The zero-order valence-electron chi connectivity index (χ0n) is 4.12. The van der Waals surface area contributed by atoms with Crippen LogP contribution in [0, 0.1) is 0 Å². The standard InChI is InChI=1S/C2H5NO4S/c1-7-3-8(5,6)2-4/h2-3H,1H3. The zero-order valence-corrected chi connectivity index (χ0v) is 4.94. The lowest BCUT2D eigenvalue weighted by Crippen LogP contribution is -2.22. The minimum absolute atomic E-state index is 0.240. The van der Waals surface area contributed by atoms with Gasteiger partial charge in [0.2, 0.25) is 0 Å². The average molecular weight is 139 g/mol. The van der Waals surface area contributed by atoms with Gasteiger partial charge >= 0.3 is 0 Å². The summed E-state index contributed by atoms with van der Waals surface area (Å²) >= 11 is 0. The van der Waals surface area contributed by atoms with Crippen LogP contribution in [0.5, 0.6) is 0 Å². The number of carbonyl (C=O) groups excluding carboxylic acids is 1. The van der Waals surface area contributed by atoms with Crippen molar-refractivity contribution in [2.24, 2.45) is 0 Å². The van der Waals surface area contributed by atoms with Gasteiger partial charge in [0.15, 0.2) is 0 Å². The maximum absolute atomic E-state index is 10.00. The molecule has 1 N–H and O–H groups in total. The molecular formula is C2H5NO4S. The molecule has 0 atom stereocenters. The van der Waals surface area contributed by atoms with Crippen molar-refractivity contribution in [1.82, 2.24) is 4.89 Å². The Morgan fingerprint density at radius 1 is 1.62 bits per heavy atom. The number of carbonyl (C=O) groups is 1. The molecule has 8 heavy (non-hydrogen) atoms. The minimum Gasteiger partial charge on any atom is -0.290 e. The molecule has 0 fully saturated rings. The van der Waals surface area contributed by atoms with Crippen LogP contribution in [-0.4, -0.2) is 21.1 Å². The topological polar surface area (TPSA) is 72.5 Å². The predicted molar refractivity (Wildman–Crippen MR) is 25.8 cm³/mol. The molecule has 0 heterocycles. The summed E-state index contributed by atoms with van der Waals surface area (Å²) in [4.78, 5) is 14.9. The predicted octanol–water partition coefficient (Wildman–Crippen LogP) is -1.34. The van der Waals surface area contributed by atoms with Crippen molar-refractivity contribution in [2.75, 3.05) is 7.11 Å². The van der Waals surface area contributed by atoms with Crippen LogP contribution < -0.4 is 4.89 Å². The molecule has 0 radical (unpaired) electrons. The fourth-order valence-corrected chi connectivity index (χ4v) is 0.407. The Kier molecular flexibility index (Phi) is 2.59. The Balaban J connectivity index is 3.95. The molecule has 6 heteroatoms. The zero-order chi connectivity index (χ0) is 6.62. The molecule has 0 aromatic carbocycles. The second-order valence-corrected chi connectivity index (χ2v) is 2.38. The molecule has 0 aliphatic carbocycles. The highest BCUT2D eigenvalue weighted by Gasteiger charge is 2.03. The quantitative estimate of drug-likeness (QED) is 0.388. The smallest absolute Gasteiger partial charge is 0.290 e. The van der Waals surface area contributed by atoms with E-state index in [-0.39, 0.29) is 5.62 Å². The van der Waals surface area contributed by atoms with Gasteiger partial charge in [0.05, 0.1) is 7.11 Å². The van der Waals surface area contributed by atoms with Gasteiger partial charge < -0.3 is 0 Å². The van der Waals surface area contributed by atoms with Crippen LogP contribution in [0.15, 0.2) is 0 Å². The summed E-state index contributed by atoms with van der Waals surface area (Å²) in [6.45, 7) is 0. The normalized spacial score (nSPS) is 11.1. The van der Waals surface area contributed by atoms with E-state index in [2.05, 4.69) is 4.84 Å². The molecule has 0 unspecified atom stereocenters. The maximum atomic E-state index is 10.00. The SMILES string of the molecule is CONS(=O)(=O)C=O. The highest BCUT2D eigenvalue weighted by molar-refractivity contribution is 8.02. The number of sulfonamides is 1. The molecule has 0 aromatic heterocycles.